The normalized spacial score (nSPS) is 20.6. The van der Waals surface area contributed by atoms with Crippen molar-refractivity contribution in [3.8, 4) is 5.75 Å². The molecule has 128 valence electrons. The Bertz CT molecular complexity index is 679. The molecule has 6 nitrogen and oxygen atoms in total. The Morgan fingerprint density at radius 1 is 1.29 bits per heavy atom. The van der Waals surface area contributed by atoms with Crippen LogP contribution >= 0.6 is 0 Å². The van der Waals surface area contributed by atoms with Crippen molar-refractivity contribution in [2.45, 2.75) is 51.2 Å². The molecule has 1 N–H and O–H groups in total. The molecule has 1 amide bonds. The lowest BCUT2D eigenvalue weighted by Gasteiger charge is -2.26. The molecule has 1 aliphatic carbocycles. The van der Waals surface area contributed by atoms with Crippen LogP contribution in [-0.4, -0.2) is 22.1 Å². The van der Waals surface area contributed by atoms with Crippen molar-refractivity contribution >= 4 is 5.91 Å². The number of hydrogen-bond donors (Lipinski definition) is 1. The van der Waals surface area contributed by atoms with Gasteiger partial charge in [-0.25, -0.2) is 4.39 Å². The summed E-state index contributed by atoms with van der Waals surface area (Å²) in [5.74, 6) is 1.57. The maximum absolute atomic E-state index is 12.8. The molecule has 0 atom stereocenters. The highest BCUT2D eigenvalue weighted by molar-refractivity contribution is 5.73. The lowest BCUT2D eigenvalue weighted by molar-refractivity contribution is -0.119. The number of carbonyl (C=O) groups is 1. The summed E-state index contributed by atoms with van der Waals surface area (Å²) in [5.41, 5.74) is 0. The highest BCUT2D eigenvalue weighted by Gasteiger charge is 2.26. The van der Waals surface area contributed by atoms with Crippen molar-refractivity contribution in [2.75, 3.05) is 0 Å². The van der Waals surface area contributed by atoms with E-state index in [1.807, 2.05) is 0 Å². The Hall–Kier alpha value is -2.44. The van der Waals surface area contributed by atoms with Gasteiger partial charge < -0.3 is 14.6 Å². The maximum Gasteiger partial charge on any atom is 0.229 e. The fourth-order valence-corrected chi connectivity index (χ4v) is 2.94. The summed E-state index contributed by atoms with van der Waals surface area (Å²) >= 11 is 0. The SMILES string of the molecule is CC(=O)NC1CCC(c2nc(COc3ccc(F)cc3)no2)CC1. The van der Waals surface area contributed by atoms with Gasteiger partial charge in [-0.3, -0.25) is 4.79 Å². The molecule has 0 radical (unpaired) electrons. The summed E-state index contributed by atoms with van der Waals surface area (Å²) in [6, 6.07) is 6.02. The highest BCUT2D eigenvalue weighted by Crippen LogP contribution is 2.32. The minimum atomic E-state index is -0.306. The van der Waals surface area contributed by atoms with Crippen molar-refractivity contribution < 1.29 is 18.4 Å². The third kappa shape index (κ3) is 4.31. The molecule has 0 saturated heterocycles. The third-order valence-corrected chi connectivity index (χ3v) is 4.15. The van der Waals surface area contributed by atoms with E-state index in [1.54, 1.807) is 12.1 Å². The molecular weight excluding hydrogens is 313 g/mol. The first-order valence-electron chi connectivity index (χ1n) is 8.08. The Morgan fingerprint density at radius 2 is 2.00 bits per heavy atom. The van der Waals surface area contributed by atoms with Crippen LogP contribution in [0.5, 0.6) is 5.75 Å². The molecule has 1 aliphatic rings. The van der Waals surface area contributed by atoms with Gasteiger partial charge in [0.25, 0.3) is 0 Å². The second-order valence-electron chi connectivity index (χ2n) is 6.04. The van der Waals surface area contributed by atoms with Crippen LogP contribution in [0.15, 0.2) is 28.8 Å². The number of amides is 1. The van der Waals surface area contributed by atoms with Gasteiger partial charge >= 0.3 is 0 Å². The van der Waals surface area contributed by atoms with E-state index in [4.69, 9.17) is 9.26 Å². The number of aromatic nitrogens is 2. The van der Waals surface area contributed by atoms with E-state index < -0.39 is 0 Å². The first-order chi connectivity index (χ1) is 11.6. The van der Waals surface area contributed by atoms with Gasteiger partial charge in [-0.1, -0.05) is 5.16 Å². The van der Waals surface area contributed by atoms with Crippen LogP contribution in [0, 0.1) is 5.82 Å². The summed E-state index contributed by atoms with van der Waals surface area (Å²) in [7, 11) is 0. The third-order valence-electron chi connectivity index (χ3n) is 4.15. The zero-order valence-corrected chi connectivity index (χ0v) is 13.5. The number of rotatable bonds is 5. The number of hydrogen-bond acceptors (Lipinski definition) is 5. The summed E-state index contributed by atoms with van der Waals surface area (Å²) in [6.45, 7) is 1.72. The van der Waals surface area contributed by atoms with Gasteiger partial charge in [0.1, 0.15) is 11.6 Å². The molecule has 24 heavy (non-hydrogen) atoms. The van der Waals surface area contributed by atoms with Gasteiger partial charge in [-0.05, 0) is 49.9 Å². The number of nitrogens with zero attached hydrogens (tertiary/aromatic N) is 2. The number of ether oxygens (including phenoxy) is 1. The fraction of sp³-hybridized carbons (Fsp3) is 0.471. The summed E-state index contributed by atoms with van der Waals surface area (Å²) in [6.07, 6.45) is 3.64. The van der Waals surface area contributed by atoms with E-state index in [9.17, 15) is 9.18 Å². The number of carbonyl (C=O) groups excluding carboxylic acids is 1. The molecule has 1 heterocycles. The standard InChI is InChI=1S/C17H20FN3O3/c1-11(22)19-14-6-2-12(3-7-14)17-20-16(21-24-17)10-23-15-8-4-13(18)5-9-15/h4-5,8-9,12,14H,2-3,6-7,10H2,1H3,(H,19,22). The van der Waals surface area contributed by atoms with Crippen LogP contribution in [0.3, 0.4) is 0 Å². The molecule has 7 heteroatoms. The van der Waals surface area contributed by atoms with E-state index >= 15 is 0 Å². The van der Waals surface area contributed by atoms with Gasteiger partial charge in [0, 0.05) is 18.9 Å². The van der Waals surface area contributed by atoms with Crippen LogP contribution < -0.4 is 10.1 Å². The van der Waals surface area contributed by atoms with Crippen LogP contribution in [0.2, 0.25) is 0 Å². The number of benzene rings is 1. The Morgan fingerprint density at radius 3 is 2.67 bits per heavy atom. The van der Waals surface area contributed by atoms with Crippen molar-refractivity contribution in [3.05, 3.63) is 41.8 Å². The smallest absolute Gasteiger partial charge is 0.229 e. The minimum absolute atomic E-state index is 0.0106. The largest absolute Gasteiger partial charge is 0.485 e. The molecule has 1 fully saturated rings. The molecule has 0 unspecified atom stereocenters. The summed E-state index contributed by atoms with van der Waals surface area (Å²) in [5, 5.41) is 6.89. The first-order valence-corrected chi connectivity index (χ1v) is 8.08. The second-order valence-corrected chi connectivity index (χ2v) is 6.04. The van der Waals surface area contributed by atoms with Crippen LogP contribution in [0.1, 0.15) is 50.2 Å². The van der Waals surface area contributed by atoms with Gasteiger partial charge in [-0.15, -0.1) is 0 Å². The molecule has 0 aliphatic heterocycles. The van der Waals surface area contributed by atoms with E-state index in [1.165, 1.54) is 19.1 Å². The van der Waals surface area contributed by atoms with Crippen molar-refractivity contribution in [1.82, 2.24) is 15.5 Å². The van der Waals surface area contributed by atoms with Crippen molar-refractivity contribution in [1.29, 1.82) is 0 Å². The zero-order chi connectivity index (χ0) is 16.9. The molecule has 0 spiro atoms. The molecule has 2 aromatic rings. The number of nitrogens with one attached hydrogen (secondary N) is 1. The maximum atomic E-state index is 12.8. The van der Waals surface area contributed by atoms with Crippen LogP contribution in [0.4, 0.5) is 4.39 Å². The molecule has 1 aromatic heterocycles. The van der Waals surface area contributed by atoms with Gasteiger partial charge in [0.05, 0.1) is 0 Å². The summed E-state index contributed by atoms with van der Waals surface area (Å²) in [4.78, 5) is 15.5. The first kappa shape index (κ1) is 16.4. The van der Waals surface area contributed by atoms with Crippen LogP contribution in [-0.2, 0) is 11.4 Å². The van der Waals surface area contributed by atoms with E-state index in [-0.39, 0.29) is 30.3 Å². The lowest BCUT2D eigenvalue weighted by atomic mass is 9.86. The lowest BCUT2D eigenvalue weighted by Crippen LogP contribution is -2.35. The van der Waals surface area contributed by atoms with Crippen molar-refractivity contribution in [3.63, 3.8) is 0 Å². The Kier molecular flexibility index (Phi) is 5.08. The Balaban J connectivity index is 1.50. The van der Waals surface area contributed by atoms with Gasteiger partial charge in [0.2, 0.25) is 17.6 Å². The molecule has 0 bridgehead atoms. The summed E-state index contributed by atoms with van der Waals surface area (Å²) < 4.78 is 23.7. The second kappa shape index (κ2) is 7.42. The fourth-order valence-electron chi connectivity index (χ4n) is 2.94. The average molecular weight is 333 g/mol. The monoisotopic (exact) mass is 333 g/mol. The molecule has 3 rings (SSSR count). The quantitative estimate of drug-likeness (QED) is 0.910. The molecule has 1 saturated carbocycles. The highest BCUT2D eigenvalue weighted by atomic mass is 19.1. The predicted octanol–water partition coefficient (Wildman–Crippen LogP) is 2.95. The van der Waals surface area contributed by atoms with E-state index in [2.05, 4.69) is 15.5 Å². The van der Waals surface area contributed by atoms with Crippen LogP contribution in [0.25, 0.3) is 0 Å². The molecular formula is C17H20FN3O3. The number of halogens is 1. The topological polar surface area (TPSA) is 77.2 Å². The van der Waals surface area contributed by atoms with Gasteiger partial charge in [-0.2, -0.15) is 4.98 Å². The zero-order valence-electron chi connectivity index (χ0n) is 13.5. The minimum Gasteiger partial charge on any atom is -0.485 e. The average Bonchev–Trinajstić information content (AvgIpc) is 3.03. The van der Waals surface area contributed by atoms with E-state index in [0.717, 1.165) is 25.7 Å². The Labute approximate surface area is 139 Å². The van der Waals surface area contributed by atoms with Gasteiger partial charge in [0.15, 0.2) is 6.61 Å². The van der Waals surface area contributed by atoms with E-state index in [0.29, 0.717) is 17.5 Å². The van der Waals surface area contributed by atoms with Crippen molar-refractivity contribution in [2.24, 2.45) is 0 Å². The molecule has 1 aromatic carbocycles. The predicted molar refractivity (Wildman–Crippen MR) is 83.8 cm³/mol.